The summed E-state index contributed by atoms with van der Waals surface area (Å²) in [5, 5.41) is 8.72. The van der Waals surface area contributed by atoms with Gasteiger partial charge in [-0.05, 0) is 25.9 Å². The smallest absolute Gasteiger partial charge is 0.307 e. The Balaban J connectivity index is 2.39. The fraction of sp³-hybridized carbons (Fsp3) is 0.875. The van der Waals surface area contributed by atoms with Gasteiger partial charge >= 0.3 is 5.97 Å². The molecule has 0 aromatic heterocycles. The molecule has 1 aliphatic heterocycles. The number of aliphatic carboxylic acids is 1. The third kappa shape index (κ3) is 2.19. The van der Waals surface area contributed by atoms with Gasteiger partial charge in [0.05, 0.1) is 5.92 Å². The van der Waals surface area contributed by atoms with Crippen LogP contribution in [0.4, 0.5) is 0 Å². The van der Waals surface area contributed by atoms with Crippen molar-refractivity contribution < 1.29 is 9.90 Å². The van der Waals surface area contributed by atoms with Gasteiger partial charge in [0, 0.05) is 6.54 Å². The number of hydrogen-bond donors (Lipinski definition) is 1. The van der Waals surface area contributed by atoms with Crippen LogP contribution in [0.25, 0.3) is 0 Å². The normalized spacial score (nSPS) is 26.8. The highest BCUT2D eigenvalue weighted by Gasteiger charge is 2.23. The zero-order valence-corrected chi connectivity index (χ0v) is 6.92. The second-order valence-corrected chi connectivity index (χ2v) is 3.07. The standard InChI is InChI=1S/C8H15NO2/c1-2-9-5-3-4-7(6-9)8(10)11/h7H,2-6H2,1H3,(H,10,11). The summed E-state index contributed by atoms with van der Waals surface area (Å²) in [6.45, 7) is 4.86. The lowest BCUT2D eigenvalue weighted by atomic mass is 9.98. The number of likely N-dealkylation sites (tertiary alicyclic amines) is 1. The molecule has 0 aromatic rings. The summed E-state index contributed by atoms with van der Waals surface area (Å²) in [5.74, 6) is -0.758. The van der Waals surface area contributed by atoms with E-state index in [4.69, 9.17) is 5.11 Å². The summed E-state index contributed by atoms with van der Waals surface area (Å²) < 4.78 is 0. The van der Waals surface area contributed by atoms with Gasteiger partial charge in [-0.1, -0.05) is 6.92 Å². The highest BCUT2D eigenvalue weighted by Crippen LogP contribution is 2.15. The van der Waals surface area contributed by atoms with Crippen LogP contribution in [-0.4, -0.2) is 35.6 Å². The van der Waals surface area contributed by atoms with Crippen molar-refractivity contribution in [1.82, 2.24) is 4.90 Å². The van der Waals surface area contributed by atoms with Crippen LogP contribution >= 0.6 is 0 Å². The van der Waals surface area contributed by atoms with Crippen molar-refractivity contribution >= 4 is 5.97 Å². The quantitative estimate of drug-likeness (QED) is 0.644. The molecule has 0 saturated carbocycles. The summed E-state index contributed by atoms with van der Waals surface area (Å²) in [6.07, 6.45) is 1.89. The fourth-order valence-corrected chi connectivity index (χ4v) is 1.54. The number of hydrogen-bond acceptors (Lipinski definition) is 2. The third-order valence-electron chi connectivity index (χ3n) is 2.30. The highest BCUT2D eigenvalue weighted by atomic mass is 16.4. The fourth-order valence-electron chi connectivity index (χ4n) is 1.54. The Bertz CT molecular complexity index is 147. The molecule has 3 heteroatoms. The second kappa shape index (κ2) is 3.72. The largest absolute Gasteiger partial charge is 0.481 e. The zero-order chi connectivity index (χ0) is 8.27. The lowest BCUT2D eigenvalue weighted by molar-refractivity contribution is -0.143. The molecule has 0 aliphatic carbocycles. The molecule has 0 aromatic carbocycles. The lowest BCUT2D eigenvalue weighted by Crippen LogP contribution is -2.38. The minimum Gasteiger partial charge on any atom is -0.481 e. The summed E-state index contributed by atoms with van der Waals surface area (Å²) in [6, 6.07) is 0. The summed E-state index contributed by atoms with van der Waals surface area (Å²) >= 11 is 0. The molecule has 1 heterocycles. The number of nitrogens with zero attached hydrogens (tertiary/aromatic N) is 1. The van der Waals surface area contributed by atoms with Crippen LogP contribution in [-0.2, 0) is 4.79 Å². The van der Waals surface area contributed by atoms with E-state index in [0.717, 1.165) is 32.5 Å². The molecule has 1 rings (SSSR count). The number of rotatable bonds is 2. The maximum atomic E-state index is 10.6. The number of carbonyl (C=O) groups is 1. The van der Waals surface area contributed by atoms with Crippen LogP contribution in [0.2, 0.25) is 0 Å². The van der Waals surface area contributed by atoms with Crippen molar-refractivity contribution in [3.63, 3.8) is 0 Å². The van der Waals surface area contributed by atoms with E-state index in [1.165, 1.54) is 0 Å². The van der Waals surface area contributed by atoms with E-state index in [9.17, 15) is 4.79 Å². The van der Waals surface area contributed by atoms with Gasteiger partial charge in [0.2, 0.25) is 0 Å². The molecule has 11 heavy (non-hydrogen) atoms. The second-order valence-electron chi connectivity index (χ2n) is 3.07. The Morgan fingerprint density at radius 2 is 2.45 bits per heavy atom. The summed E-state index contributed by atoms with van der Waals surface area (Å²) in [4.78, 5) is 12.8. The molecule has 0 radical (unpaired) electrons. The average Bonchev–Trinajstić information content (AvgIpc) is 2.05. The van der Waals surface area contributed by atoms with Gasteiger partial charge in [0.15, 0.2) is 0 Å². The molecule has 0 amide bonds. The Morgan fingerprint density at radius 3 is 3.00 bits per heavy atom. The Kier molecular flexibility index (Phi) is 2.88. The molecule has 0 spiro atoms. The van der Waals surface area contributed by atoms with E-state index in [0.29, 0.717) is 0 Å². The van der Waals surface area contributed by atoms with E-state index >= 15 is 0 Å². The van der Waals surface area contributed by atoms with Gasteiger partial charge < -0.3 is 10.0 Å². The van der Waals surface area contributed by atoms with Crippen LogP contribution < -0.4 is 0 Å². The SMILES string of the molecule is CCN1CCCC(C(=O)O)C1. The highest BCUT2D eigenvalue weighted by molar-refractivity contribution is 5.70. The lowest BCUT2D eigenvalue weighted by Gasteiger charge is -2.29. The third-order valence-corrected chi connectivity index (χ3v) is 2.30. The molecule has 1 aliphatic rings. The summed E-state index contributed by atoms with van der Waals surface area (Å²) in [7, 11) is 0. The van der Waals surface area contributed by atoms with Crippen molar-refractivity contribution in [1.29, 1.82) is 0 Å². The van der Waals surface area contributed by atoms with Gasteiger partial charge in [-0.25, -0.2) is 0 Å². The Labute approximate surface area is 67.0 Å². The molecule has 1 saturated heterocycles. The molecule has 1 N–H and O–H groups in total. The molecular formula is C8H15NO2. The number of piperidine rings is 1. The molecule has 1 fully saturated rings. The van der Waals surface area contributed by atoms with Gasteiger partial charge in [0.1, 0.15) is 0 Å². The van der Waals surface area contributed by atoms with Crippen molar-refractivity contribution in [2.45, 2.75) is 19.8 Å². The average molecular weight is 157 g/mol. The summed E-state index contributed by atoms with van der Waals surface area (Å²) in [5.41, 5.74) is 0. The first-order valence-corrected chi connectivity index (χ1v) is 4.19. The maximum absolute atomic E-state index is 10.6. The van der Waals surface area contributed by atoms with Crippen molar-refractivity contribution in [2.24, 2.45) is 5.92 Å². The minimum atomic E-state index is -0.636. The van der Waals surface area contributed by atoms with Gasteiger partial charge in [-0.2, -0.15) is 0 Å². The molecule has 3 nitrogen and oxygen atoms in total. The number of carboxylic acids is 1. The predicted octanol–water partition coefficient (Wildman–Crippen LogP) is 0.803. The molecule has 1 atom stereocenters. The monoisotopic (exact) mass is 157 g/mol. The van der Waals surface area contributed by atoms with E-state index in [-0.39, 0.29) is 5.92 Å². The van der Waals surface area contributed by atoms with Gasteiger partial charge in [0.25, 0.3) is 0 Å². The van der Waals surface area contributed by atoms with Crippen molar-refractivity contribution in [3.05, 3.63) is 0 Å². The van der Waals surface area contributed by atoms with Crippen LogP contribution in [0.5, 0.6) is 0 Å². The topological polar surface area (TPSA) is 40.5 Å². The van der Waals surface area contributed by atoms with Crippen molar-refractivity contribution in [2.75, 3.05) is 19.6 Å². The first-order valence-electron chi connectivity index (χ1n) is 4.19. The van der Waals surface area contributed by atoms with Crippen LogP contribution in [0, 0.1) is 5.92 Å². The molecule has 1 unspecified atom stereocenters. The Morgan fingerprint density at radius 1 is 1.73 bits per heavy atom. The van der Waals surface area contributed by atoms with Crippen LogP contribution in [0.15, 0.2) is 0 Å². The zero-order valence-electron chi connectivity index (χ0n) is 6.92. The molecule has 0 bridgehead atoms. The first kappa shape index (κ1) is 8.53. The van der Waals surface area contributed by atoms with Gasteiger partial charge in [-0.15, -0.1) is 0 Å². The van der Waals surface area contributed by atoms with E-state index in [2.05, 4.69) is 11.8 Å². The maximum Gasteiger partial charge on any atom is 0.307 e. The van der Waals surface area contributed by atoms with E-state index < -0.39 is 5.97 Å². The van der Waals surface area contributed by atoms with Crippen LogP contribution in [0.3, 0.4) is 0 Å². The number of carboxylic acid groups (broad SMARTS) is 1. The van der Waals surface area contributed by atoms with Gasteiger partial charge in [-0.3, -0.25) is 4.79 Å². The van der Waals surface area contributed by atoms with E-state index in [1.807, 2.05) is 0 Å². The van der Waals surface area contributed by atoms with Crippen LogP contribution in [0.1, 0.15) is 19.8 Å². The predicted molar refractivity (Wildman–Crippen MR) is 42.5 cm³/mol. The van der Waals surface area contributed by atoms with Crippen molar-refractivity contribution in [3.8, 4) is 0 Å². The first-order chi connectivity index (χ1) is 5.24. The molecular weight excluding hydrogens is 142 g/mol. The van der Waals surface area contributed by atoms with E-state index in [1.54, 1.807) is 0 Å². The molecule has 64 valence electrons. The minimum absolute atomic E-state index is 0.122. The Hall–Kier alpha value is -0.570.